The van der Waals surface area contributed by atoms with Crippen LogP contribution in [0.1, 0.15) is 78.4 Å². The van der Waals surface area contributed by atoms with Crippen molar-refractivity contribution in [1.29, 1.82) is 0 Å². The Bertz CT molecular complexity index is 1840. The van der Waals surface area contributed by atoms with E-state index in [4.69, 9.17) is 4.98 Å². The third-order valence-electron chi connectivity index (χ3n) is 9.04. The van der Waals surface area contributed by atoms with Gasteiger partial charge in [-0.1, -0.05) is 27.7 Å². The maximum atomic E-state index is 11.7. The summed E-state index contributed by atoms with van der Waals surface area (Å²) in [5.74, 6) is 8.67. The second-order valence-electron chi connectivity index (χ2n) is 14.5. The minimum Gasteiger partial charge on any atom is -0.512 e. The fraction of sp³-hybridized carbons (Fsp3) is 0.429. The molecular formula is C42H54GeIrNO2S-. The molecule has 2 heterocycles. The number of allylic oxidation sites excluding steroid dienone is 2. The van der Waals surface area contributed by atoms with E-state index in [1.54, 1.807) is 0 Å². The number of carbonyl (C=O) groups excluding carboxylic acids is 1. The van der Waals surface area contributed by atoms with Gasteiger partial charge in [0.1, 0.15) is 0 Å². The summed E-state index contributed by atoms with van der Waals surface area (Å²) in [6, 6.07) is 23.8. The summed E-state index contributed by atoms with van der Waals surface area (Å²) in [6.45, 7) is 12.7. The first-order valence-corrected chi connectivity index (χ1v) is 26.2. The maximum Gasteiger partial charge on any atom is 0.162 e. The van der Waals surface area contributed by atoms with Crippen LogP contribution in [0, 0.1) is 23.8 Å². The topological polar surface area (TPSA) is 50.2 Å². The van der Waals surface area contributed by atoms with Crippen molar-refractivity contribution in [3.8, 4) is 11.3 Å². The third-order valence-corrected chi connectivity index (χ3v) is 13.4. The van der Waals surface area contributed by atoms with Gasteiger partial charge in [0.2, 0.25) is 0 Å². The zero-order valence-corrected chi connectivity index (χ0v) is 35.7. The van der Waals surface area contributed by atoms with Gasteiger partial charge in [-0.05, 0) is 25.7 Å². The van der Waals surface area contributed by atoms with Crippen LogP contribution in [0.15, 0.2) is 72.6 Å². The van der Waals surface area contributed by atoms with Gasteiger partial charge in [-0.25, -0.2) is 0 Å². The molecule has 1 radical (unpaired) electrons. The molecule has 1 N–H and O–H groups in total. The van der Waals surface area contributed by atoms with Crippen molar-refractivity contribution in [3.63, 3.8) is 0 Å². The standard InChI is InChI=1S/C29H30GeNS.C13H24O2.Ir/c1-19(2)15-21-10-8-12-25-26-13-14-31-27(29(26)32-28(21)25)22-16-20-9-6-7-11-24(20)23(17-22)18-30(3,4)5;1-5-10(6-2)12(14)9-13(15)11(7-3)8-4;/h6-14,17,19H,15,18H2,1-5H3;9-11,14H,5-8H2,1-4H3;/q-1;;/b;12-9-;. The van der Waals surface area contributed by atoms with Gasteiger partial charge in [-0.2, -0.15) is 0 Å². The molecule has 0 bridgehead atoms. The van der Waals surface area contributed by atoms with Gasteiger partial charge in [-0.3, -0.25) is 4.79 Å². The van der Waals surface area contributed by atoms with Crippen LogP contribution in [0.5, 0.6) is 0 Å². The summed E-state index contributed by atoms with van der Waals surface area (Å²) >= 11 is 0.111. The Morgan fingerprint density at radius 3 is 2.10 bits per heavy atom. The number of aromatic nitrogens is 1. The molecule has 5 rings (SSSR count). The molecule has 6 heteroatoms. The Balaban J connectivity index is 0.000000334. The third kappa shape index (κ3) is 9.90. The molecule has 3 nitrogen and oxygen atoms in total. The van der Waals surface area contributed by atoms with Crippen LogP contribution in [0.25, 0.3) is 42.2 Å². The molecule has 259 valence electrons. The molecule has 5 aromatic rings. The number of hydrogen-bond donors (Lipinski definition) is 1. The molecule has 0 aliphatic heterocycles. The Morgan fingerprint density at radius 2 is 1.48 bits per heavy atom. The average molecular weight is 902 g/mol. The predicted molar refractivity (Wildman–Crippen MR) is 208 cm³/mol. The summed E-state index contributed by atoms with van der Waals surface area (Å²) in [6.07, 6.45) is 7.99. The second kappa shape index (κ2) is 18.1. The van der Waals surface area contributed by atoms with E-state index in [1.165, 1.54) is 53.4 Å². The summed E-state index contributed by atoms with van der Waals surface area (Å²) in [4.78, 5) is 16.6. The Morgan fingerprint density at radius 1 is 0.854 bits per heavy atom. The van der Waals surface area contributed by atoms with E-state index >= 15 is 0 Å². The molecule has 0 saturated heterocycles. The van der Waals surface area contributed by atoms with Crippen LogP contribution in [-0.2, 0) is 36.6 Å². The van der Waals surface area contributed by atoms with E-state index in [0.717, 1.165) is 43.4 Å². The number of aliphatic hydroxyl groups excluding tert-OH is 1. The molecule has 48 heavy (non-hydrogen) atoms. The number of pyridine rings is 1. The second-order valence-corrected chi connectivity index (χ2v) is 27.0. The van der Waals surface area contributed by atoms with Gasteiger partial charge >= 0.3 is 198 Å². The van der Waals surface area contributed by atoms with E-state index in [0.29, 0.717) is 5.92 Å². The minimum absolute atomic E-state index is 0. The van der Waals surface area contributed by atoms with Crippen molar-refractivity contribution in [2.24, 2.45) is 17.8 Å². The van der Waals surface area contributed by atoms with Crippen molar-refractivity contribution in [2.45, 2.75) is 96.2 Å². The van der Waals surface area contributed by atoms with Gasteiger partial charge in [0.15, 0.2) is 5.78 Å². The summed E-state index contributed by atoms with van der Waals surface area (Å²) in [5.41, 5.74) is 5.12. The zero-order chi connectivity index (χ0) is 34.3. The number of nitrogens with zero attached hydrogens (tertiary/aromatic N) is 1. The maximum absolute atomic E-state index is 11.7. The van der Waals surface area contributed by atoms with Gasteiger partial charge < -0.3 is 5.11 Å². The largest absolute Gasteiger partial charge is 0.512 e. The van der Waals surface area contributed by atoms with Crippen molar-refractivity contribution < 1.29 is 30.0 Å². The number of fused-ring (bicyclic) bond motifs is 4. The fourth-order valence-corrected chi connectivity index (χ4v) is 10.8. The number of rotatable bonds is 12. The van der Waals surface area contributed by atoms with E-state index in [1.807, 2.05) is 45.2 Å². The molecule has 0 spiro atoms. The SMILES string of the molecule is CC(C)Cc1cccc2c1sc1c(-c3[c-]c4ccccc4c([CH2][Ge]([CH3])([CH3])[CH3])c3)nccc12.CCC(CC)C(=O)/C=C(\O)C(CC)CC.[Ir]. The molecule has 0 fully saturated rings. The normalized spacial score (nSPS) is 12.2. The quantitative estimate of drug-likeness (QED) is 0.0587. The molecule has 0 atom stereocenters. The van der Waals surface area contributed by atoms with E-state index in [9.17, 15) is 9.90 Å². The van der Waals surface area contributed by atoms with Crippen LogP contribution in [0.2, 0.25) is 17.3 Å². The molecule has 0 aliphatic rings. The van der Waals surface area contributed by atoms with Crippen LogP contribution in [-0.4, -0.2) is 29.1 Å². The number of aliphatic hydroxyl groups is 1. The van der Waals surface area contributed by atoms with Crippen LogP contribution < -0.4 is 0 Å². The van der Waals surface area contributed by atoms with Gasteiger partial charge in [0.05, 0.1) is 5.76 Å². The Kier molecular flexibility index (Phi) is 15.1. The van der Waals surface area contributed by atoms with Crippen LogP contribution in [0.4, 0.5) is 0 Å². The Labute approximate surface area is 309 Å². The van der Waals surface area contributed by atoms with Gasteiger partial charge in [-0.15, -0.1) is 0 Å². The van der Waals surface area contributed by atoms with E-state index < -0.39 is 13.3 Å². The monoisotopic (exact) mass is 903 g/mol. The smallest absolute Gasteiger partial charge is 0.162 e. The van der Waals surface area contributed by atoms with Gasteiger partial charge in [0.25, 0.3) is 0 Å². The first kappa shape index (κ1) is 40.1. The molecule has 0 unspecified atom stereocenters. The zero-order valence-electron chi connectivity index (χ0n) is 30.4. The van der Waals surface area contributed by atoms with Crippen LogP contribution in [0.3, 0.4) is 0 Å². The molecular weight excluding hydrogens is 847 g/mol. The summed E-state index contributed by atoms with van der Waals surface area (Å²) < 4.78 is 2.70. The van der Waals surface area contributed by atoms with Crippen molar-refractivity contribution in [2.75, 3.05) is 0 Å². The number of ketones is 1. The summed E-state index contributed by atoms with van der Waals surface area (Å²) in [7, 11) is 0. The Hall–Kier alpha value is -2.31. The number of carbonyl (C=O) groups is 1. The molecule has 0 amide bonds. The van der Waals surface area contributed by atoms with E-state index in [-0.39, 0.29) is 43.5 Å². The first-order chi connectivity index (χ1) is 22.4. The van der Waals surface area contributed by atoms with Gasteiger partial charge in [0, 0.05) is 38.0 Å². The first-order valence-electron chi connectivity index (χ1n) is 17.6. The van der Waals surface area contributed by atoms with Crippen molar-refractivity contribution >= 4 is 61.3 Å². The van der Waals surface area contributed by atoms with Crippen LogP contribution >= 0.6 is 11.3 Å². The van der Waals surface area contributed by atoms with E-state index in [2.05, 4.69) is 91.8 Å². The summed E-state index contributed by atoms with van der Waals surface area (Å²) in [5, 5.41) is 16.2. The molecule has 0 saturated carbocycles. The minimum atomic E-state index is -1.79. The molecule has 2 aromatic heterocycles. The number of benzene rings is 3. The van der Waals surface area contributed by atoms with Crippen molar-refractivity contribution in [1.82, 2.24) is 4.98 Å². The van der Waals surface area contributed by atoms with Crippen molar-refractivity contribution in [3.05, 3.63) is 89.8 Å². The predicted octanol–water partition coefficient (Wildman–Crippen LogP) is 12.6. The number of thiophene rings is 1. The molecule has 3 aromatic carbocycles. The number of hydrogen-bond acceptors (Lipinski definition) is 4. The fourth-order valence-electron chi connectivity index (χ4n) is 6.51. The molecule has 0 aliphatic carbocycles. The average Bonchev–Trinajstić information content (AvgIpc) is 3.41.